The van der Waals surface area contributed by atoms with Gasteiger partial charge >= 0.3 is 11.9 Å². The van der Waals surface area contributed by atoms with Gasteiger partial charge in [-0.1, -0.05) is 0 Å². The molecule has 5 atom stereocenters. The summed E-state index contributed by atoms with van der Waals surface area (Å²) in [6, 6.07) is 5.44. The van der Waals surface area contributed by atoms with E-state index in [4.69, 9.17) is 23.4 Å². The van der Waals surface area contributed by atoms with Crippen LogP contribution in [0.2, 0.25) is 0 Å². The third-order valence-corrected chi connectivity index (χ3v) is 5.75. The van der Waals surface area contributed by atoms with Crippen molar-refractivity contribution in [3.63, 3.8) is 0 Å². The number of phenols is 4. The number of ether oxygens (including phenoxy) is 4. The van der Waals surface area contributed by atoms with Gasteiger partial charge in [0.15, 0.2) is 29.5 Å². The number of rotatable bonds is 5. The zero-order valence-corrected chi connectivity index (χ0v) is 20.3. The molecule has 2 heterocycles. The molecule has 0 amide bonds. The molecule has 0 unspecified atom stereocenters. The zero-order valence-electron chi connectivity index (χ0n) is 20.3. The first-order valence-corrected chi connectivity index (χ1v) is 11.3. The number of phenolic OH excluding ortho intramolecular Hbond substituents is 4. The van der Waals surface area contributed by atoms with Crippen molar-refractivity contribution < 1.29 is 58.5 Å². The molecule has 1 aliphatic rings. The highest BCUT2D eigenvalue weighted by atomic mass is 16.7. The highest BCUT2D eigenvalue weighted by Crippen LogP contribution is 2.39. The third-order valence-electron chi connectivity index (χ3n) is 5.75. The lowest BCUT2D eigenvalue weighted by atomic mass is 9.99. The number of carbonyl (C=O) groups excluding carboxylic acids is 2. The molecule has 1 fully saturated rings. The fourth-order valence-electron chi connectivity index (χ4n) is 4.11. The normalized spacial score (nSPS) is 23.1. The van der Waals surface area contributed by atoms with Crippen molar-refractivity contribution in [2.24, 2.45) is 0 Å². The molecule has 1 aliphatic heterocycles. The van der Waals surface area contributed by atoms with Crippen LogP contribution in [-0.4, -0.2) is 68.2 Å². The van der Waals surface area contributed by atoms with Gasteiger partial charge in [0, 0.05) is 31.5 Å². The predicted molar refractivity (Wildman–Crippen MR) is 127 cm³/mol. The van der Waals surface area contributed by atoms with Crippen LogP contribution in [0.3, 0.4) is 0 Å². The van der Waals surface area contributed by atoms with Crippen LogP contribution in [0.4, 0.5) is 0 Å². The molecule has 0 bridgehead atoms. The third kappa shape index (κ3) is 5.01. The Morgan fingerprint density at radius 2 is 1.55 bits per heavy atom. The second-order valence-electron chi connectivity index (χ2n) is 8.60. The summed E-state index contributed by atoms with van der Waals surface area (Å²) in [7, 11) is 0. The molecule has 13 heteroatoms. The molecule has 2 aromatic carbocycles. The van der Waals surface area contributed by atoms with Crippen LogP contribution < -0.4 is 10.2 Å². The molecule has 202 valence electrons. The summed E-state index contributed by atoms with van der Waals surface area (Å²) in [6.45, 7) is 3.63. The van der Waals surface area contributed by atoms with Gasteiger partial charge in [-0.15, -0.1) is 0 Å². The smallest absolute Gasteiger partial charge is 0.303 e. The predicted octanol–water partition coefficient (Wildman–Crippen LogP) is 1.63. The average molecular weight is 532 g/mol. The molecule has 0 spiro atoms. The first kappa shape index (κ1) is 26.6. The number of aromatic hydroxyl groups is 4. The Morgan fingerprint density at radius 3 is 2.18 bits per heavy atom. The number of benzene rings is 2. The lowest BCUT2D eigenvalue weighted by Gasteiger charge is -2.41. The van der Waals surface area contributed by atoms with E-state index in [1.165, 1.54) is 13.0 Å². The number of esters is 2. The van der Waals surface area contributed by atoms with Crippen LogP contribution in [0.15, 0.2) is 39.5 Å². The van der Waals surface area contributed by atoms with E-state index in [0.29, 0.717) is 0 Å². The lowest BCUT2D eigenvalue weighted by molar-refractivity contribution is -0.277. The van der Waals surface area contributed by atoms with Crippen LogP contribution in [0.5, 0.6) is 28.7 Å². The Morgan fingerprint density at radius 1 is 0.895 bits per heavy atom. The van der Waals surface area contributed by atoms with E-state index in [9.17, 15) is 39.9 Å². The van der Waals surface area contributed by atoms with Crippen molar-refractivity contribution in [3.05, 3.63) is 40.6 Å². The molecule has 5 N–H and O–H groups in total. The minimum atomic E-state index is -1.64. The Balaban J connectivity index is 1.88. The molecule has 0 radical (unpaired) electrons. The molecule has 3 aromatic rings. The molecule has 1 saturated heterocycles. The monoisotopic (exact) mass is 532 g/mol. The average Bonchev–Trinajstić information content (AvgIpc) is 2.81. The van der Waals surface area contributed by atoms with Crippen LogP contribution in [0, 0.1) is 0 Å². The molecule has 38 heavy (non-hydrogen) atoms. The number of hydrogen-bond acceptors (Lipinski definition) is 13. The Bertz CT molecular complexity index is 1460. The summed E-state index contributed by atoms with van der Waals surface area (Å²) >= 11 is 0. The number of aliphatic hydroxyl groups excluding tert-OH is 1. The van der Waals surface area contributed by atoms with Gasteiger partial charge in [-0.3, -0.25) is 14.4 Å². The lowest BCUT2D eigenvalue weighted by Crippen LogP contribution is -2.60. The summed E-state index contributed by atoms with van der Waals surface area (Å²) in [5.74, 6) is -4.55. The first-order chi connectivity index (χ1) is 17.9. The largest absolute Gasteiger partial charge is 0.508 e. The summed E-state index contributed by atoms with van der Waals surface area (Å²) < 4.78 is 27.6. The number of carbonyl (C=O) groups is 2. The van der Waals surface area contributed by atoms with Gasteiger partial charge < -0.3 is 48.9 Å². The second-order valence-corrected chi connectivity index (χ2v) is 8.60. The van der Waals surface area contributed by atoms with E-state index >= 15 is 0 Å². The number of fused-ring (bicyclic) bond motifs is 1. The summed E-state index contributed by atoms with van der Waals surface area (Å²) in [4.78, 5) is 36.9. The molecule has 0 aliphatic carbocycles. The van der Waals surface area contributed by atoms with Gasteiger partial charge in [-0.05, 0) is 25.1 Å². The Kier molecular flexibility index (Phi) is 7.07. The van der Waals surface area contributed by atoms with E-state index in [2.05, 4.69) is 0 Å². The summed E-state index contributed by atoms with van der Waals surface area (Å²) in [5.41, 5.74) is -1.16. The van der Waals surface area contributed by atoms with Crippen molar-refractivity contribution >= 4 is 22.9 Å². The van der Waals surface area contributed by atoms with E-state index < -0.39 is 76.8 Å². The van der Waals surface area contributed by atoms with Crippen LogP contribution in [0.25, 0.3) is 22.3 Å². The van der Waals surface area contributed by atoms with E-state index in [-0.39, 0.29) is 22.3 Å². The topological polar surface area (TPSA) is 202 Å². The maximum atomic E-state index is 13.5. The highest BCUT2D eigenvalue weighted by Gasteiger charge is 2.49. The van der Waals surface area contributed by atoms with Gasteiger partial charge in [0.2, 0.25) is 17.5 Å². The maximum absolute atomic E-state index is 13.5. The van der Waals surface area contributed by atoms with E-state index in [0.717, 1.165) is 38.1 Å². The molecule has 13 nitrogen and oxygen atoms in total. The molecule has 0 saturated carbocycles. The Labute approximate surface area is 214 Å². The first-order valence-electron chi connectivity index (χ1n) is 11.3. The van der Waals surface area contributed by atoms with Crippen molar-refractivity contribution in [1.29, 1.82) is 0 Å². The molecular formula is C25H24O13. The van der Waals surface area contributed by atoms with Gasteiger partial charge in [0.1, 0.15) is 28.6 Å². The van der Waals surface area contributed by atoms with Crippen LogP contribution in [-0.2, 0) is 23.8 Å². The van der Waals surface area contributed by atoms with E-state index in [1.807, 2.05) is 0 Å². The molecule has 4 rings (SSSR count). The van der Waals surface area contributed by atoms with Crippen molar-refractivity contribution in [2.75, 3.05) is 0 Å². The summed E-state index contributed by atoms with van der Waals surface area (Å²) in [6.07, 6.45) is -7.09. The SMILES string of the molecule is CC(=O)O[C@H]1[C@@H](Oc2c(-c3ccc(O)c(O)c3)oc3cc(O)cc(O)c3c2=O)O[C@@H](C)[C@@H](OC(C)=O)[C@H]1O. The fraction of sp³-hybridized carbons (Fsp3) is 0.320. The van der Waals surface area contributed by atoms with Crippen LogP contribution in [0.1, 0.15) is 20.8 Å². The molecule has 1 aromatic heterocycles. The Hall–Kier alpha value is -4.49. The minimum Gasteiger partial charge on any atom is -0.508 e. The minimum absolute atomic E-state index is 0.0309. The fourth-order valence-corrected chi connectivity index (χ4v) is 4.11. The van der Waals surface area contributed by atoms with Crippen LogP contribution >= 0.6 is 0 Å². The van der Waals surface area contributed by atoms with Gasteiger partial charge in [0.25, 0.3) is 0 Å². The van der Waals surface area contributed by atoms with Crippen molar-refractivity contribution in [3.8, 4) is 40.1 Å². The van der Waals surface area contributed by atoms with Gasteiger partial charge in [-0.25, -0.2) is 0 Å². The maximum Gasteiger partial charge on any atom is 0.303 e. The summed E-state index contributed by atoms with van der Waals surface area (Å²) in [5, 5.41) is 50.4. The van der Waals surface area contributed by atoms with E-state index in [1.54, 1.807) is 0 Å². The second kappa shape index (κ2) is 10.1. The van der Waals surface area contributed by atoms with Gasteiger partial charge in [0.05, 0.1) is 6.10 Å². The zero-order chi connectivity index (χ0) is 27.9. The highest BCUT2D eigenvalue weighted by molar-refractivity contribution is 5.88. The number of aliphatic hydroxyl groups is 1. The number of hydrogen-bond donors (Lipinski definition) is 5. The molecular weight excluding hydrogens is 508 g/mol. The van der Waals surface area contributed by atoms with Crippen molar-refractivity contribution in [2.45, 2.75) is 51.5 Å². The van der Waals surface area contributed by atoms with Crippen molar-refractivity contribution in [1.82, 2.24) is 0 Å². The standard InChI is InChI=1S/C25H24O13/c1-9-21(35-10(2)26)20(33)24(36-11(3)27)25(34-9)38-23-19(32)18-16(31)7-13(28)8-17(18)37-22(23)12-4-5-14(29)15(30)6-12/h4-9,20-21,24-25,28-31,33H,1-3H3/t9-,20+,21+,24+,25+/m0/s1. The quantitative estimate of drug-likeness (QED) is 0.234. The van der Waals surface area contributed by atoms with Gasteiger partial charge in [-0.2, -0.15) is 0 Å².